The smallest absolute Gasteiger partial charge is 0.243 e. The summed E-state index contributed by atoms with van der Waals surface area (Å²) in [4.78, 5) is 6.34. The van der Waals surface area contributed by atoms with Crippen LogP contribution in [0, 0.1) is 0 Å². The van der Waals surface area contributed by atoms with Crippen LogP contribution < -0.4 is 5.73 Å². The maximum atomic E-state index is 12.6. The third kappa shape index (κ3) is 4.65. The first-order valence-corrected chi connectivity index (χ1v) is 9.27. The van der Waals surface area contributed by atoms with Crippen molar-refractivity contribution in [3.05, 3.63) is 24.3 Å². The Labute approximate surface area is 141 Å². The van der Waals surface area contributed by atoms with Gasteiger partial charge >= 0.3 is 0 Å². The van der Waals surface area contributed by atoms with E-state index in [-0.39, 0.29) is 23.2 Å². The van der Waals surface area contributed by atoms with Crippen LogP contribution >= 0.6 is 11.6 Å². The summed E-state index contributed by atoms with van der Waals surface area (Å²) in [6.45, 7) is 2.73. The molecule has 0 radical (unpaired) electrons. The van der Waals surface area contributed by atoms with Crippen molar-refractivity contribution in [2.45, 2.75) is 4.90 Å². The molecule has 1 aliphatic rings. The number of benzene rings is 1. The van der Waals surface area contributed by atoms with E-state index < -0.39 is 10.0 Å². The number of hydrogen-bond donors (Lipinski definition) is 2. The number of rotatable bonds is 6. The fraction of sp³-hybridized carbons (Fsp3) is 0.500. The van der Waals surface area contributed by atoms with Crippen LogP contribution in [0.1, 0.15) is 0 Å². The van der Waals surface area contributed by atoms with Gasteiger partial charge in [-0.2, -0.15) is 4.31 Å². The van der Waals surface area contributed by atoms with E-state index >= 15 is 0 Å². The first-order valence-electron chi connectivity index (χ1n) is 7.30. The second-order valence-corrected chi connectivity index (χ2v) is 7.41. The van der Waals surface area contributed by atoms with E-state index in [1.807, 2.05) is 4.90 Å². The molecule has 1 aromatic rings. The summed E-state index contributed by atoms with van der Waals surface area (Å²) in [7, 11) is -3.51. The van der Waals surface area contributed by atoms with Gasteiger partial charge in [-0.15, -0.1) is 11.6 Å². The lowest BCUT2D eigenvalue weighted by Crippen LogP contribution is -2.49. The lowest BCUT2D eigenvalue weighted by Gasteiger charge is -2.33. The fourth-order valence-corrected chi connectivity index (χ4v) is 3.85. The summed E-state index contributed by atoms with van der Waals surface area (Å²) in [6, 6.07) is 6.26. The summed E-state index contributed by atoms with van der Waals surface area (Å²) < 4.78 is 26.7. The Morgan fingerprint density at radius 3 is 2.35 bits per heavy atom. The van der Waals surface area contributed by atoms with E-state index in [1.165, 1.54) is 16.4 Å². The van der Waals surface area contributed by atoms with Gasteiger partial charge in [0.25, 0.3) is 0 Å². The first kappa shape index (κ1) is 18.2. The number of nitrogens with zero attached hydrogens (tertiary/aromatic N) is 3. The Morgan fingerprint density at radius 1 is 1.22 bits per heavy atom. The monoisotopic (exact) mass is 360 g/mol. The molecule has 1 aliphatic heterocycles. The van der Waals surface area contributed by atoms with Crippen LogP contribution in [0.15, 0.2) is 34.2 Å². The van der Waals surface area contributed by atoms with Crippen LogP contribution in [0.25, 0.3) is 0 Å². The molecule has 0 aromatic heterocycles. The van der Waals surface area contributed by atoms with Crippen molar-refractivity contribution in [1.29, 1.82) is 0 Å². The number of nitrogens with two attached hydrogens (primary N) is 1. The van der Waals surface area contributed by atoms with Crippen molar-refractivity contribution in [3.8, 4) is 0 Å². The lowest BCUT2D eigenvalue weighted by molar-refractivity contribution is 0.151. The van der Waals surface area contributed by atoms with E-state index in [2.05, 4.69) is 4.99 Å². The zero-order chi connectivity index (χ0) is 16.9. The number of hydrogen-bond acceptors (Lipinski definition) is 5. The Bertz CT molecular complexity index is 640. The van der Waals surface area contributed by atoms with Gasteiger partial charge in [0.1, 0.15) is 5.84 Å². The standard InChI is InChI=1S/C14H21ClN4O3S/c15-11-14(16)17-12-1-3-13(4-2-12)23(21,22)19-7-5-18(6-8-19)9-10-20/h1-4,20H,5-11H2,(H2,16,17). The van der Waals surface area contributed by atoms with E-state index in [0.717, 1.165) is 0 Å². The van der Waals surface area contributed by atoms with E-state index in [0.29, 0.717) is 38.4 Å². The molecular formula is C14H21ClN4O3S. The third-order valence-corrected chi connectivity index (χ3v) is 5.82. The number of halogens is 1. The number of alkyl halides is 1. The summed E-state index contributed by atoms with van der Waals surface area (Å²) >= 11 is 5.56. The predicted molar refractivity (Wildman–Crippen MR) is 90.7 cm³/mol. The highest BCUT2D eigenvalue weighted by atomic mass is 35.5. The SMILES string of the molecule is NC(CCl)=Nc1ccc(S(=O)(=O)N2CCN(CCO)CC2)cc1. The minimum atomic E-state index is -3.51. The highest BCUT2D eigenvalue weighted by Gasteiger charge is 2.28. The Kier molecular flexibility index (Phi) is 6.37. The number of β-amino-alcohol motifs (C(OH)–C–C–N with tert-alkyl or cyclic N) is 1. The van der Waals surface area contributed by atoms with Gasteiger partial charge in [-0.25, -0.2) is 13.4 Å². The summed E-state index contributed by atoms with van der Waals surface area (Å²) in [6.07, 6.45) is 0. The van der Waals surface area contributed by atoms with Gasteiger partial charge in [0.15, 0.2) is 0 Å². The fourth-order valence-electron chi connectivity index (χ4n) is 2.37. The molecule has 0 amide bonds. The quantitative estimate of drug-likeness (QED) is 0.429. The third-order valence-electron chi connectivity index (χ3n) is 3.63. The van der Waals surface area contributed by atoms with Crippen LogP contribution in [0.4, 0.5) is 5.69 Å². The van der Waals surface area contributed by atoms with Gasteiger partial charge in [0.05, 0.1) is 23.1 Å². The minimum Gasteiger partial charge on any atom is -0.395 e. The molecule has 0 bridgehead atoms. The molecule has 1 heterocycles. The highest BCUT2D eigenvalue weighted by Crippen LogP contribution is 2.21. The Morgan fingerprint density at radius 2 is 1.83 bits per heavy atom. The van der Waals surface area contributed by atoms with Crippen LogP contribution in [-0.2, 0) is 10.0 Å². The Hall–Kier alpha value is -1.19. The van der Waals surface area contributed by atoms with Crippen LogP contribution in [-0.4, -0.2) is 73.8 Å². The van der Waals surface area contributed by atoms with Gasteiger partial charge in [0, 0.05) is 32.7 Å². The molecule has 0 spiro atoms. The lowest BCUT2D eigenvalue weighted by atomic mass is 10.3. The molecule has 0 saturated carbocycles. The molecule has 1 aromatic carbocycles. The maximum Gasteiger partial charge on any atom is 0.243 e. The Balaban J connectivity index is 2.08. The number of aliphatic imine (C=N–C) groups is 1. The average molecular weight is 361 g/mol. The van der Waals surface area contributed by atoms with E-state index in [9.17, 15) is 8.42 Å². The van der Waals surface area contributed by atoms with E-state index in [4.69, 9.17) is 22.4 Å². The normalized spacial score (nSPS) is 18.3. The highest BCUT2D eigenvalue weighted by molar-refractivity contribution is 7.89. The minimum absolute atomic E-state index is 0.0835. The molecule has 23 heavy (non-hydrogen) atoms. The number of amidine groups is 1. The van der Waals surface area contributed by atoms with Gasteiger partial charge < -0.3 is 10.8 Å². The summed E-state index contributed by atoms with van der Waals surface area (Å²) in [5.74, 6) is 0.403. The van der Waals surface area contributed by atoms with Crippen molar-refractivity contribution in [2.75, 3.05) is 45.2 Å². The number of piperazine rings is 1. The van der Waals surface area contributed by atoms with Crippen molar-refractivity contribution in [1.82, 2.24) is 9.21 Å². The molecule has 2 rings (SSSR count). The topological polar surface area (TPSA) is 99.2 Å². The molecular weight excluding hydrogens is 340 g/mol. The van der Waals surface area contributed by atoms with Crippen LogP contribution in [0.2, 0.25) is 0 Å². The molecule has 0 aliphatic carbocycles. The first-order chi connectivity index (χ1) is 11.0. The zero-order valence-electron chi connectivity index (χ0n) is 12.7. The summed E-state index contributed by atoms with van der Waals surface area (Å²) in [5.41, 5.74) is 6.12. The molecule has 3 N–H and O–H groups in total. The second kappa shape index (κ2) is 8.07. The van der Waals surface area contributed by atoms with Crippen molar-refractivity contribution in [2.24, 2.45) is 10.7 Å². The zero-order valence-corrected chi connectivity index (χ0v) is 14.3. The maximum absolute atomic E-state index is 12.6. The summed E-state index contributed by atoms with van der Waals surface area (Å²) in [5, 5.41) is 8.93. The predicted octanol–water partition coefficient (Wildman–Crippen LogP) is 0.213. The van der Waals surface area contributed by atoms with Gasteiger partial charge in [-0.3, -0.25) is 4.90 Å². The van der Waals surface area contributed by atoms with Crippen molar-refractivity contribution in [3.63, 3.8) is 0 Å². The molecule has 128 valence electrons. The number of aliphatic hydroxyl groups is 1. The van der Waals surface area contributed by atoms with Crippen LogP contribution in [0.5, 0.6) is 0 Å². The van der Waals surface area contributed by atoms with E-state index in [1.54, 1.807) is 12.1 Å². The average Bonchev–Trinajstić information content (AvgIpc) is 2.56. The van der Waals surface area contributed by atoms with Gasteiger partial charge in [-0.1, -0.05) is 0 Å². The van der Waals surface area contributed by atoms with Crippen LogP contribution in [0.3, 0.4) is 0 Å². The van der Waals surface area contributed by atoms with Gasteiger partial charge in [0.2, 0.25) is 10.0 Å². The molecule has 1 fully saturated rings. The molecule has 1 saturated heterocycles. The molecule has 0 unspecified atom stereocenters. The van der Waals surface area contributed by atoms with Crippen molar-refractivity contribution >= 4 is 33.1 Å². The van der Waals surface area contributed by atoms with Crippen molar-refractivity contribution < 1.29 is 13.5 Å². The largest absolute Gasteiger partial charge is 0.395 e. The number of aliphatic hydroxyl groups excluding tert-OH is 1. The van der Waals surface area contributed by atoms with Gasteiger partial charge in [-0.05, 0) is 24.3 Å². The molecule has 9 heteroatoms. The number of sulfonamides is 1. The molecule has 0 atom stereocenters. The second-order valence-electron chi connectivity index (χ2n) is 5.20. The molecule has 7 nitrogen and oxygen atoms in total.